The van der Waals surface area contributed by atoms with Gasteiger partial charge >= 0.3 is 0 Å². The van der Waals surface area contributed by atoms with Crippen LogP contribution in [0.5, 0.6) is 0 Å². The Kier molecular flexibility index (Phi) is 3.03. The average Bonchev–Trinajstić information content (AvgIpc) is 2.77. The van der Waals surface area contributed by atoms with Crippen molar-refractivity contribution >= 4 is 27.5 Å². The number of para-hydroxylation sites is 1. The van der Waals surface area contributed by atoms with Crippen LogP contribution in [0.3, 0.4) is 0 Å². The molecule has 0 unspecified atom stereocenters. The highest BCUT2D eigenvalue weighted by atomic mass is 32.1. The van der Waals surface area contributed by atoms with Crippen LogP contribution in [-0.4, -0.2) is 20.7 Å². The van der Waals surface area contributed by atoms with E-state index < -0.39 is 5.91 Å². The number of rotatable bonds is 1. The summed E-state index contributed by atoms with van der Waals surface area (Å²) in [6.45, 7) is 0. The first kappa shape index (κ1) is 12.5. The van der Waals surface area contributed by atoms with Gasteiger partial charge in [-0.3, -0.25) is 9.59 Å². The van der Waals surface area contributed by atoms with E-state index in [2.05, 4.69) is 15.2 Å². The van der Waals surface area contributed by atoms with E-state index in [1.54, 1.807) is 0 Å². The zero-order valence-corrected chi connectivity index (χ0v) is 11.3. The fraction of sp³-hybridized carbons (Fsp3) is 0.0769. The zero-order chi connectivity index (χ0) is 14.1. The molecule has 7 heteroatoms. The summed E-state index contributed by atoms with van der Waals surface area (Å²) in [5.74, 6) is -0.483. The molecule has 2 heterocycles. The quantitative estimate of drug-likeness (QED) is 0.726. The maximum absolute atomic E-state index is 12.0. The van der Waals surface area contributed by atoms with Gasteiger partial charge in [-0.25, -0.2) is 5.10 Å². The van der Waals surface area contributed by atoms with Gasteiger partial charge in [0.1, 0.15) is 0 Å². The van der Waals surface area contributed by atoms with Crippen molar-refractivity contribution in [1.29, 1.82) is 0 Å². The Bertz CT molecular complexity index is 899. The number of thiazole rings is 1. The number of hydrogen-bond donors (Lipinski definition) is 1. The molecule has 0 saturated heterocycles. The smallest absolute Gasteiger partial charge is 0.300 e. The summed E-state index contributed by atoms with van der Waals surface area (Å²) >= 11 is 1.43. The van der Waals surface area contributed by atoms with E-state index in [0.29, 0.717) is 4.80 Å². The molecule has 0 bridgehead atoms. The standard InChI is InChI=1S/C13H10N4O2S/c1-17-9-4-2-3-5-10(9)20-13(17)14-12(19)8-6-7-11(18)16-15-8/h2-7H,1H3,(H,16,18). The zero-order valence-electron chi connectivity index (χ0n) is 10.5. The van der Waals surface area contributed by atoms with Crippen LogP contribution in [0, 0.1) is 0 Å². The van der Waals surface area contributed by atoms with E-state index in [0.717, 1.165) is 10.2 Å². The number of carbonyl (C=O) groups is 1. The van der Waals surface area contributed by atoms with Crippen LogP contribution < -0.4 is 10.4 Å². The summed E-state index contributed by atoms with van der Waals surface area (Å²) in [4.78, 5) is 27.5. The molecule has 0 fully saturated rings. The molecule has 1 aromatic carbocycles. The number of benzene rings is 1. The number of hydrogen-bond acceptors (Lipinski definition) is 4. The van der Waals surface area contributed by atoms with Crippen LogP contribution in [0.4, 0.5) is 0 Å². The first-order chi connectivity index (χ1) is 9.65. The number of aromatic nitrogens is 3. The minimum absolute atomic E-state index is 0.113. The maximum Gasteiger partial charge on any atom is 0.300 e. The molecular formula is C13H10N4O2S. The Balaban J connectivity index is 2.10. The fourth-order valence-electron chi connectivity index (χ4n) is 1.80. The van der Waals surface area contributed by atoms with Crippen LogP contribution in [-0.2, 0) is 7.05 Å². The monoisotopic (exact) mass is 286 g/mol. The molecule has 0 saturated carbocycles. The number of nitrogens with one attached hydrogen (secondary N) is 1. The molecule has 0 aliphatic rings. The highest BCUT2D eigenvalue weighted by molar-refractivity contribution is 7.16. The van der Waals surface area contributed by atoms with Crippen molar-refractivity contribution < 1.29 is 4.79 Å². The molecule has 20 heavy (non-hydrogen) atoms. The fourth-order valence-corrected chi connectivity index (χ4v) is 2.81. The SMILES string of the molecule is Cn1c(=NC(=O)c2ccc(=O)[nH]n2)sc2ccccc21. The number of aromatic amines is 1. The summed E-state index contributed by atoms with van der Waals surface area (Å²) in [6.07, 6.45) is 0. The highest BCUT2D eigenvalue weighted by Crippen LogP contribution is 2.15. The minimum Gasteiger partial charge on any atom is -0.319 e. The van der Waals surface area contributed by atoms with Crippen molar-refractivity contribution in [1.82, 2.24) is 14.8 Å². The Morgan fingerprint density at radius 2 is 2.10 bits per heavy atom. The lowest BCUT2D eigenvalue weighted by molar-refractivity contribution is 0.0992. The molecule has 6 nitrogen and oxygen atoms in total. The molecule has 2 aromatic heterocycles. The van der Waals surface area contributed by atoms with Crippen molar-refractivity contribution in [2.75, 3.05) is 0 Å². The van der Waals surface area contributed by atoms with E-state index >= 15 is 0 Å². The van der Waals surface area contributed by atoms with Gasteiger partial charge in [0.05, 0.1) is 10.2 Å². The van der Waals surface area contributed by atoms with Gasteiger partial charge in [0.2, 0.25) is 0 Å². The number of aryl methyl sites for hydroxylation is 1. The molecular weight excluding hydrogens is 276 g/mol. The van der Waals surface area contributed by atoms with E-state index in [1.807, 2.05) is 35.9 Å². The Morgan fingerprint density at radius 1 is 1.30 bits per heavy atom. The largest absolute Gasteiger partial charge is 0.319 e. The lowest BCUT2D eigenvalue weighted by Crippen LogP contribution is -2.15. The Hall–Kier alpha value is -2.54. The third-order valence-electron chi connectivity index (χ3n) is 2.81. The van der Waals surface area contributed by atoms with Gasteiger partial charge in [-0.15, -0.1) is 0 Å². The number of H-pyrrole nitrogens is 1. The van der Waals surface area contributed by atoms with Gasteiger partial charge in [0.15, 0.2) is 10.5 Å². The van der Waals surface area contributed by atoms with Crippen molar-refractivity contribution in [3.63, 3.8) is 0 Å². The van der Waals surface area contributed by atoms with Crippen molar-refractivity contribution in [3.8, 4) is 0 Å². The van der Waals surface area contributed by atoms with E-state index in [-0.39, 0.29) is 11.3 Å². The minimum atomic E-state index is -0.483. The van der Waals surface area contributed by atoms with Gasteiger partial charge in [-0.05, 0) is 18.2 Å². The predicted molar refractivity (Wildman–Crippen MR) is 75.5 cm³/mol. The molecule has 1 N–H and O–H groups in total. The van der Waals surface area contributed by atoms with Crippen LogP contribution in [0.1, 0.15) is 10.5 Å². The normalized spacial score (nSPS) is 11.9. The predicted octanol–water partition coefficient (Wildman–Crippen LogP) is 1.06. The van der Waals surface area contributed by atoms with Gasteiger partial charge in [-0.1, -0.05) is 23.5 Å². The number of nitrogens with zero attached hydrogens (tertiary/aromatic N) is 3. The first-order valence-electron chi connectivity index (χ1n) is 5.84. The first-order valence-corrected chi connectivity index (χ1v) is 6.66. The van der Waals surface area contributed by atoms with E-state index in [1.165, 1.54) is 23.5 Å². The second-order valence-corrected chi connectivity index (χ2v) is 5.14. The molecule has 100 valence electrons. The number of amides is 1. The van der Waals surface area contributed by atoms with Crippen LogP contribution in [0.15, 0.2) is 46.2 Å². The second kappa shape index (κ2) is 4.86. The van der Waals surface area contributed by atoms with Gasteiger partial charge in [-0.2, -0.15) is 10.1 Å². The summed E-state index contributed by atoms with van der Waals surface area (Å²) in [6, 6.07) is 10.4. The van der Waals surface area contributed by atoms with Crippen LogP contribution in [0.25, 0.3) is 10.2 Å². The Morgan fingerprint density at radius 3 is 2.80 bits per heavy atom. The summed E-state index contributed by atoms with van der Waals surface area (Å²) in [5, 5.41) is 5.89. The molecule has 0 aliphatic heterocycles. The van der Waals surface area contributed by atoms with Crippen molar-refractivity contribution in [3.05, 3.63) is 57.2 Å². The topological polar surface area (TPSA) is 80.1 Å². The Labute approximate surface area is 117 Å². The molecule has 3 rings (SSSR count). The van der Waals surface area contributed by atoms with Gasteiger partial charge in [0, 0.05) is 13.1 Å². The van der Waals surface area contributed by atoms with Crippen LogP contribution >= 0.6 is 11.3 Å². The van der Waals surface area contributed by atoms with Gasteiger partial charge < -0.3 is 4.57 Å². The van der Waals surface area contributed by atoms with Crippen molar-refractivity contribution in [2.24, 2.45) is 12.0 Å². The average molecular weight is 286 g/mol. The lowest BCUT2D eigenvalue weighted by atomic mass is 10.3. The molecule has 3 aromatic rings. The molecule has 0 aliphatic carbocycles. The maximum atomic E-state index is 12.0. The molecule has 1 amide bonds. The summed E-state index contributed by atoms with van der Waals surface area (Å²) in [7, 11) is 1.85. The third-order valence-corrected chi connectivity index (χ3v) is 3.92. The van der Waals surface area contributed by atoms with E-state index in [9.17, 15) is 9.59 Å². The van der Waals surface area contributed by atoms with Crippen LogP contribution in [0.2, 0.25) is 0 Å². The highest BCUT2D eigenvalue weighted by Gasteiger charge is 2.08. The number of carbonyl (C=O) groups excluding carboxylic acids is 1. The van der Waals surface area contributed by atoms with E-state index in [4.69, 9.17) is 0 Å². The summed E-state index contributed by atoms with van der Waals surface area (Å²) in [5.41, 5.74) is 0.773. The molecule has 0 atom stereocenters. The second-order valence-electron chi connectivity index (χ2n) is 4.13. The third kappa shape index (κ3) is 2.19. The van der Waals surface area contributed by atoms with Crippen molar-refractivity contribution in [2.45, 2.75) is 0 Å². The summed E-state index contributed by atoms with van der Waals surface area (Å²) < 4.78 is 2.90. The lowest BCUT2D eigenvalue weighted by Gasteiger charge is -1.94. The van der Waals surface area contributed by atoms with Gasteiger partial charge in [0.25, 0.3) is 11.5 Å². The number of fused-ring (bicyclic) bond motifs is 1. The molecule has 0 spiro atoms. The molecule has 0 radical (unpaired) electrons.